The van der Waals surface area contributed by atoms with E-state index in [1.54, 1.807) is 0 Å². The molecule has 0 radical (unpaired) electrons. The molecule has 0 saturated carbocycles. The average Bonchev–Trinajstić information content (AvgIpc) is 3.02. The maximum Gasteiger partial charge on any atom is 0.236 e. The lowest BCUT2D eigenvalue weighted by atomic mass is 9.85. The summed E-state index contributed by atoms with van der Waals surface area (Å²) in [7, 11) is 0. The van der Waals surface area contributed by atoms with Gasteiger partial charge in [0.2, 0.25) is 5.91 Å². The number of hydrogen-bond acceptors (Lipinski definition) is 5. The van der Waals surface area contributed by atoms with Crippen molar-refractivity contribution < 1.29 is 14.3 Å². The summed E-state index contributed by atoms with van der Waals surface area (Å²) >= 11 is 0. The molecular formula is C36H53N3O3. The third kappa shape index (κ3) is 10.2. The van der Waals surface area contributed by atoms with Gasteiger partial charge >= 0.3 is 0 Å². The van der Waals surface area contributed by atoms with E-state index in [0.717, 1.165) is 36.9 Å². The molecule has 0 aliphatic carbocycles. The van der Waals surface area contributed by atoms with E-state index in [1.165, 1.54) is 5.56 Å². The van der Waals surface area contributed by atoms with Crippen molar-refractivity contribution in [2.24, 2.45) is 5.92 Å². The van der Waals surface area contributed by atoms with E-state index in [9.17, 15) is 9.59 Å². The van der Waals surface area contributed by atoms with Crippen LogP contribution in [0, 0.1) is 5.92 Å². The highest BCUT2D eigenvalue weighted by molar-refractivity contribution is 5.79. The number of aldehydes is 1. The summed E-state index contributed by atoms with van der Waals surface area (Å²) in [5.74, 6) is 0.870. The third-order valence-electron chi connectivity index (χ3n) is 8.24. The van der Waals surface area contributed by atoms with Crippen molar-refractivity contribution in [3.05, 3.63) is 90.5 Å². The molecule has 0 N–H and O–H groups in total. The van der Waals surface area contributed by atoms with Gasteiger partial charge < -0.3 is 14.5 Å². The fraction of sp³-hybridized carbons (Fsp3) is 0.500. The number of carbonyl (C=O) groups excluding carboxylic acids is 2. The lowest BCUT2D eigenvalue weighted by molar-refractivity contribution is -0.132. The van der Waals surface area contributed by atoms with Crippen molar-refractivity contribution in [1.29, 1.82) is 0 Å². The van der Waals surface area contributed by atoms with Crippen LogP contribution in [-0.2, 0) is 9.53 Å². The molecule has 0 aromatic heterocycles. The summed E-state index contributed by atoms with van der Waals surface area (Å²) in [6.45, 7) is 23.4. The van der Waals surface area contributed by atoms with Gasteiger partial charge in [-0.3, -0.25) is 14.5 Å². The molecule has 230 valence electrons. The first kappa shape index (κ1) is 35.0. The first-order valence-corrected chi connectivity index (χ1v) is 15.5. The second kappa shape index (κ2) is 19.1. The number of likely N-dealkylation sites (N-methyl/N-ethyl adjacent to an activating group) is 1. The molecule has 6 nitrogen and oxygen atoms in total. The molecule has 2 aromatic carbocycles. The van der Waals surface area contributed by atoms with Crippen LogP contribution in [0.15, 0.2) is 73.8 Å². The Balaban J connectivity index is 2.60. The van der Waals surface area contributed by atoms with Crippen molar-refractivity contribution in [2.75, 3.05) is 57.4 Å². The molecule has 42 heavy (non-hydrogen) atoms. The van der Waals surface area contributed by atoms with E-state index in [0.29, 0.717) is 56.8 Å². The largest absolute Gasteiger partial charge is 0.380 e. The maximum absolute atomic E-state index is 13.4. The summed E-state index contributed by atoms with van der Waals surface area (Å²) < 4.78 is 5.52. The highest BCUT2D eigenvalue weighted by atomic mass is 16.5. The Labute approximate surface area is 255 Å². The van der Waals surface area contributed by atoms with Crippen molar-refractivity contribution in [1.82, 2.24) is 9.80 Å². The number of amides is 1. The molecule has 2 aromatic rings. The van der Waals surface area contributed by atoms with E-state index in [2.05, 4.69) is 74.1 Å². The second-order valence-corrected chi connectivity index (χ2v) is 11.0. The highest BCUT2D eigenvalue weighted by Crippen LogP contribution is 2.38. The third-order valence-corrected chi connectivity index (χ3v) is 8.24. The molecule has 3 unspecified atom stereocenters. The van der Waals surface area contributed by atoms with E-state index in [1.807, 2.05) is 49.1 Å². The maximum atomic E-state index is 13.4. The average molecular weight is 576 g/mol. The number of carbonyl (C=O) groups is 2. The fourth-order valence-electron chi connectivity index (χ4n) is 5.36. The zero-order valence-corrected chi connectivity index (χ0v) is 26.6. The minimum atomic E-state index is -0.0674. The van der Waals surface area contributed by atoms with Gasteiger partial charge in [0.15, 0.2) is 0 Å². The molecule has 0 bridgehead atoms. The van der Waals surface area contributed by atoms with Gasteiger partial charge in [-0.2, -0.15) is 0 Å². The zero-order chi connectivity index (χ0) is 30.9. The number of ether oxygens (including phenoxy) is 1. The highest BCUT2D eigenvalue weighted by Gasteiger charge is 2.28. The Morgan fingerprint density at radius 3 is 2.33 bits per heavy atom. The van der Waals surface area contributed by atoms with Crippen molar-refractivity contribution in [3.63, 3.8) is 0 Å². The second-order valence-electron chi connectivity index (χ2n) is 11.0. The number of hydrogen-bond donors (Lipinski definition) is 0. The summed E-state index contributed by atoms with van der Waals surface area (Å²) in [6.07, 6.45) is 6.58. The fourth-order valence-corrected chi connectivity index (χ4v) is 5.36. The van der Waals surface area contributed by atoms with Crippen LogP contribution in [-0.4, -0.2) is 74.5 Å². The topological polar surface area (TPSA) is 53.1 Å². The van der Waals surface area contributed by atoms with Gasteiger partial charge in [-0.15, -0.1) is 13.2 Å². The molecule has 0 aliphatic heterocycles. The van der Waals surface area contributed by atoms with Crippen molar-refractivity contribution in [2.45, 2.75) is 59.4 Å². The van der Waals surface area contributed by atoms with Crippen LogP contribution in [0.25, 0.3) is 0 Å². The Morgan fingerprint density at radius 2 is 1.74 bits per heavy atom. The van der Waals surface area contributed by atoms with Crippen LogP contribution in [0.3, 0.4) is 0 Å². The molecule has 6 heteroatoms. The summed E-state index contributed by atoms with van der Waals surface area (Å²) in [5.41, 5.74) is 4.12. The normalized spacial score (nSPS) is 13.3. The van der Waals surface area contributed by atoms with Gasteiger partial charge in [0, 0.05) is 50.6 Å². The predicted octanol–water partition coefficient (Wildman–Crippen LogP) is 7.15. The molecule has 2 rings (SSSR count). The van der Waals surface area contributed by atoms with Crippen LogP contribution in [0.2, 0.25) is 0 Å². The Bertz CT molecular complexity index is 1100. The van der Waals surface area contributed by atoms with Gasteiger partial charge in [0.1, 0.15) is 6.29 Å². The van der Waals surface area contributed by atoms with Gasteiger partial charge in [-0.05, 0) is 49.3 Å². The molecule has 3 atom stereocenters. The number of benzene rings is 2. The smallest absolute Gasteiger partial charge is 0.236 e. The standard InChI is InChI=1S/C36H53N3O3/c1-8-13-22-39(34-25-31(28-40)19-20-33(34)30(7)29(6)10-3)35(32-17-15-14-16-18-32)26-37(21-9-2)27-36(41)38(11-4)23-24-42-12-5/h8-9,14-20,25,28-30,35H,1-2,10-13,21-24,26-27H2,3-7H3. The molecular weight excluding hydrogens is 522 g/mol. The quantitative estimate of drug-likeness (QED) is 0.0899. The minimum Gasteiger partial charge on any atom is -0.380 e. The molecule has 0 fully saturated rings. The molecule has 0 heterocycles. The predicted molar refractivity (Wildman–Crippen MR) is 176 cm³/mol. The first-order chi connectivity index (χ1) is 20.3. The number of anilines is 1. The summed E-state index contributed by atoms with van der Waals surface area (Å²) in [6, 6.07) is 16.5. The zero-order valence-electron chi connectivity index (χ0n) is 26.6. The molecule has 0 saturated heterocycles. The van der Waals surface area contributed by atoms with Gasteiger partial charge in [-0.25, -0.2) is 0 Å². The van der Waals surface area contributed by atoms with Crippen LogP contribution < -0.4 is 4.90 Å². The molecule has 0 spiro atoms. The molecule has 1 amide bonds. The first-order valence-electron chi connectivity index (χ1n) is 15.5. The molecule has 0 aliphatic rings. The Kier molecular flexibility index (Phi) is 15.9. The van der Waals surface area contributed by atoms with E-state index < -0.39 is 0 Å². The van der Waals surface area contributed by atoms with Gasteiger partial charge in [0.25, 0.3) is 0 Å². The van der Waals surface area contributed by atoms with Crippen LogP contribution in [0.4, 0.5) is 5.69 Å². The van der Waals surface area contributed by atoms with E-state index >= 15 is 0 Å². The van der Waals surface area contributed by atoms with Crippen molar-refractivity contribution in [3.8, 4) is 0 Å². The van der Waals surface area contributed by atoms with Crippen LogP contribution in [0.1, 0.15) is 80.9 Å². The summed E-state index contributed by atoms with van der Waals surface area (Å²) in [4.78, 5) is 31.9. The van der Waals surface area contributed by atoms with Crippen LogP contribution in [0.5, 0.6) is 0 Å². The van der Waals surface area contributed by atoms with Gasteiger partial charge in [0.05, 0.1) is 19.2 Å². The SMILES string of the molecule is C=CCCN(c1cc(C=O)ccc1C(C)C(C)CC)C(CN(CC=C)CC(=O)N(CC)CCOCC)c1ccccc1. The Hall–Kier alpha value is -3.22. The number of nitrogens with zero attached hydrogens (tertiary/aromatic N) is 3. The minimum absolute atomic E-state index is 0.0674. The monoisotopic (exact) mass is 575 g/mol. The van der Waals surface area contributed by atoms with E-state index in [4.69, 9.17) is 4.74 Å². The lowest BCUT2D eigenvalue weighted by Crippen LogP contribution is -2.45. The van der Waals surface area contributed by atoms with Gasteiger partial charge in [-0.1, -0.05) is 81.8 Å². The van der Waals surface area contributed by atoms with E-state index in [-0.39, 0.29) is 18.5 Å². The van der Waals surface area contributed by atoms with Crippen LogP contribution >= 0.6 is 0 Å². The summed E-state index contributed by atoms with van der Waals surface area (Å²) in [5, 5.41) is 0. The Morgan fingerprint density at radius 1 is 1.00 bits per heavy atom. The lowest BCUT2D eigenvalue weighted by Gasteiger charge is -2.39. The van der Waals surface area contributed by atoms with Crippen molar-refractivity contribution >= 4 is 17.9 Å². The number of rotatable bonds is 21.